The lowest BCUT2D eigenvalue weighted by molar-refractivity contribution is -0.139. The molecular weight excluding hydrogens is 220 g/mol. The van der Waals surface area contributed by atoms with E-state index in [9.17, 15) is 4.79 Å². The van der Waals surface area contributed by atoms with Gasteiger partial charge in [0, 0.05) is 12.6 Å². The van der Waals surface area contributed by atoms with E-state index in [2.05, 4.69) is 18.7 Å². The minimum Gasteiger partial charge on any atom is -0.369 e. The van der Waals surface area contributed by atoms with Gasteiger partial charge in [0.25, 0.3) is 0 Å². The zero-order chi connectivity index (χ0) is 13.1. The fourth-order valence-electron chi connectivity index (χ4n) is 1.94. The van der Waals surface area contributed by atoms with E-state index in [1.807, 2.05) is 13.8 Å². The van der Waals surface area contributed by atoms with E-state index in [0.29, 0.717) is 19.2 Å². The summed E-state index contributed by atoms with van der Waals surface area (Å²) in [5, 5.41) is 0. The van der Waals surface area contributed by atoms with Crippen LogP contribution >= 0.6 is 0 Å². The molecule has 17 heavy (non-hydrogen) atoms. The second-order valence-corrected chi connectivity index (χ2v) is 5.27. The number of ether oxygens (including phenoxy) is 2. The first kappa shape index (κ1) is 14.4. The fourth-order valence-corrected chi connectivity index (χ4v) is 1.94. The van der Waals surface area contributed by atoms with Crippen molar-refractivity contribution in [2.75, 3.05) is 19.7 Å². The molecule has 1 heterocycles. The number of nitrogens with zero attached hydrogens (tertiary/aromatic N) is 1. The minimum absolute atomic E-state index is 0.110. The van der Waals surface area contributed by atoms with Gasteiger partial charge in [0.1, 0.15) is 0 Å². The molecular formula is C12H24N2O3. The molecule has 1 amide bonds. The van der Waals surface area contributed by atoms with Gasteiger partial charge >= 0.3 is 0 Å². The molecule has 0 saturated carbocycles. The molecule has 0 radical (unpaired) electrons. The molecule has 0 aromatic heterocycles. The lowest BCUT2D eigenvalue weighted by atomic mass is 10.2. The molecule has 1 atom stereocenters. The molecule has 5 heteroatoms. The Bertz CT molecular complexity index is 266. The van der Waals surface area contributed by atoms with Crippen LogP contribution in [0, 0.1) is 0 Å². The Balaban J connectivity index is 2.35. The maximum atomic E-state index is 10.9. The van der Waals surface area contributed by atoms with Crippen LogP contribution in [0.5, 0.6) is 0 Å². The molecule has 1 saturated heterocycles. The van der Waals surface area contributed by atoms with Gasteiger partial charge in [-0.3, -0.25) is 9.69 Å². The van der Waals surface area contributed by atoms with Crippen molar-refractivity contribution < 1.29 is 14.3 Å². The molecule has 1 fully saturated rings. The van der Waals surface area contributed by atoms with Crippen LogP contribution in [0.15, 0.2) is 0 Å². The number of hydrogen-bond acceptors (Lipinski definition) is 4. The monoisotopic (exact) mass is 244 g/mol. The van der Waals surface area contributed by atoms with Crippen molar-refractivity contribution in [1.29, 1.82) is 0 Å². The molecule has 2 N–H and O–H groups in total. The van der Waals surface area contributed by atoms with E-state index in [4.69, 9.17) is 15.2 Å². The highest BCUT2D eigenvalue weighted by molar-refractivity contribution is 5.75. The van der Waals surface area contributed by atoms with Gasteiger partial charge in [-0.25, -0.2) is 0 Å². The average molecular weight is 244 g/mol. The summed E-state index contributed by atoms with van der Waals surface area (Å²) in [6.07, 6.45) is 0.966. The smallest absolute Gasteiger partial charge is 0.231 e. The van der Waals surface area contributed by atoms with Crippen LogP contribution in [0.25, 0.3) is 0 Å². The number of primary amides is 1. The minimum atomic E-state index is -0.475. The predicted molar refractivity (Wildman–Crippen MR) is 65.4 cm³/mol. The van der Waals surface area contributed by atoms with Crippen molar-refractivity contribution in [3.05, 3.63) is 0 Å². The van der Waals surface area contributed by atoms with E-state index in [0.717, 1.165) is 13.0 Å². The van der Waals surface area contributed by atoms with Crippen molar-refractivity contribution in [3.63, 3.8) is 0 Å². The van der Waals surface area contributed by atoms with Crippen LogP contribution in [0.1, 0.15) is 34.1 Å². The van der Waals surface area contributed by atoms with Crippen LogP contribution in [-0.2, 0) is 14.3 Å². The summed E-state index contributed by atoms with van der Waals surface area (Å²) in [6, 6.07) is 0.304. The molecule has 1 aliphatic rings. The standard InChI is InChI=1S/C12H24N2O3/c1-9(2)14(7-11(13)15)6-5-10-8-16-12(3,4)17-10/h9-10H,5-8H2,1-4H3,(H2,13,15)/t10-/m1/s1. The van der Waals surface area contributed by atoms with Crippen molar-refractivity contribution in [2.24, 2.45) is 5.73 Å². The predicted octanol–water partition coefficient (Wildman–Crippen LogP) is 0.724. The lowest BCUT2D eigenvalue weighted by Crippen LogP contribution is -2.40. The van der Waals surface area contributed by atoms with Crippen LogP contribution in [0.4, 0.5) is 0 Å². The summed E-state index contributed by atoms with van der Waals surface area (Å²) in [5.74, 6) is -0.764. The highest BCUT2D eigenvalue weighted by Gasteiger charge is 2.32. The van der Waals surface area contributed by atoms with E-state index >= 15 is 0 Å². The number of carbonyl (C=O) groups is 1. The lowest BCUT2D eigenvalue weighted by Gasteiger charge is -2.26. The molecule has 0 bridgehead atoms. The van der Waals surface area contributed by atoms with Crippen LogP contribution in [0.2, 0.25) is 0 Å². The van der Waals surface area contributed by atoms with Crippen molar-refractivity contribution >= 4 is 5.91 Å². The first-order valence-corrected chi connectivity index (χ1v) is 6.14. The maximum Gasteiger partial charge on any atom is 0.231 e. The van der Waals surface area contributed by atoms with Crippen LogP contribution in [-0.4, -0.2) is 48.4 Å². The van der Waals surface area contributed by atoms with Gasteiger partial charge in [-0.2, -0.15) is 0 Å². The fraction of sp³-hybridized carbons (Fsp3) is 0.917. The SMILES string of the molecule is CC(C)N(CC[C@@H]1COC(C)(C)O1)CC(N)=O. The topological polar surface area (TPSA) is 64.8 Å². The van der Waals surface area contributed by atoms with Gasteiger partial charge in [-0.15, -0.1) is 0 Å². The quantitative estimate of drug-likeness (QED) is 0.748. The summed E-state index contributed by atoms with van der Waals surface area (Å²) in [5.41, 5.74) is 5.22. The number of rotatable bonds is 6. The largest absolute Gasteiger partial charge is 0.369 e. The van der Waals surface area contributed by atoms with E-state index < -0.39 is 5.79 Å². The summed E-state index contributed by atoms with van der Waals surface area (Å²) in [6.45, 7) is 9.65. The maximum absolute atomic E-state index is 10.9. The Kier molecular flexibility index (Phi) is 4.91. The van der Waals surface area contributed by atoms with Crippen molar-refractivity contribution in [1.82, 2.24) is 4.90 Å². The zero-order valence-electron chi connectivity index (χ0n) is 11.2. The molecule has 0 aliphatic carbocycles. The van der Waals surface area contributed by atoms with E-state index in [1.165, 1.54) is 0 Å². The second kappa shape index (κ2) is 5.80. The third kappa shape index (κ3) is 5.02. The second-order valence-electron chi connectivity index (χ2n) is 5.27. The first-order chi connectivity index (χ1) is 7.80. The number of hydrogen-bond donors (Lipinski definition) is 1. The normalized spacial score (nSPS) is 23.5. The van der Waals surface area contributed by atoms with Gasteiger partial charge in [0.15, 0.2) is 5.79 Å². The van der Waals surface area contributed by atoms with Gasteiger partial charge in [0.05, 0.1) is 19.3 Å². The molecule has 5 nitrogen and oxygen atoms in total. The molecule has 0 spiro atoms. The molecule has 1 rings (SSSR count). The highest BCUT2D eigenvalue weighted by atomic mass is 16.7. The third-order valence-electron chi connectivity index (χ3n) is 2.89. The van der Waals surface area contributed by atoms with Gasteiger partial charge in [-0.05, 0) is 34.1 Å². The number of nitrogens with two attached hydrogens (primary N) is 1. The zero-order valence-corrected chi connectivity index (χ0v) is 11.2. The van der Waals surface area contributed by atoms with Gasteiger partial charge < -0.3 is 15.2 Å². The first-order valence-electron chi connectivity index (χ1n) is 6.14. The summed E-state index contributed by atoms with van der Waals surface area (Å²) in [4.78, 5) is 13.0. The third-order valence-corrected chi connectivity index (χ3v) is 2.89. The molecule has 0 aromatic rings. The van der Waals surface area contributed by atoms with Crippen LogP contribution in [0.3, 0.4) is 0 Å². The van der Waals surface area contributed by atoms with Crippen molar-refractivity contribution in [2.45, 2.75) is 52.0 Å². The Labute approximate surface area is 103 Å². The number of amides is 1. The molecule has 0 aromatic carbocycles. The average Bonchev–Trinajstić information content (AvgIpc) is 2.52. The summed E-state index contributed by atoms with van der Waals surface area (Å²) in [7, 11) is 0. The summed E-state index contributed by atoms with van der Waals surface area (Å²) < 4.78 is 11.2. The highest BCUT2D eigenvalue weighted by Crippen LogP contribution is 2.24. The number of carbonyl (C=O) groups excluding carboxylic acids is 1. The van der Waals surface area contributed by atoms with E-state index in [-0.39, 0.29) is 12.0 Å². The molecule has 0 unspecified atom stereocenters. The van der Waals surface area contributed by atoms with E-state index in [1.54, 1.807) is 0 Å². The van der Waals surface area contributed by atoms with Gasteiger partial charge in [0.2, 0.25) is 5.91 Å². The molecule has 1 aliphatic heterocycles. The Morgan fingerprint density at radius 3 is 2.59 bits per heavy atom. The van der Waals surface area contributed by atoms with Crippen molar-refractivity contribution in [3.8, 4) is 0 Å². The Morgan fingerprint density at radius 2 is 2.18 bits per heavy atom. The Hall–Kier alpha value is -0.650. The van der Waals surface area contributed by atoms with Gasteiger partial charge in [-0.1, -0.05) is 0 Å². The molecule has 100 valence electrons. The Morgan fingerprint density at radius 1 is 1.53 bits per heavy atom. The van der Waals surface area contributed by atoms with Crippen LogP contribution < -0.4 is 5.73 Å². The summed E-state index contributed by atoms with van der Waals surface area (Å²) >= 11 is 0.